The van der Waals surface area contributed by atoms with E-state index in [9.17, 15) is 9.59 Å². The lowest BCUT2D eigenvalue weighted by Crippen LogP contribution is -2.29. The topological polar surface area (TPSA) is 81.4 Å². The summed E-state index contributed by atoms with van der Waals surface area (Å²) in [5, 5.41) is 2.47. The van der Waals surface area contributed by atoms with Crippen molar-refractivity contribution in [2.45, 2.75) is 39.0 Å². The van der Waals surface area contributed by atoms with Gasteiger partial charge in [-0.05, 0) is 12.8 Å². The summed E-state index contributed by atoms with van der Waals surface area (Å²) >= 11 is 0. The van der Waals surface area contributed by atoms with E-state index < -0.39 is 0 Å². The van der Waals surface area contributed by atoms with Crippen molar-refractivity contribution in [2.75, 3.05) is 13.3 Å². The van der Waals surface area contributed by atoms with Crippen LogP contribution < -0.4 is 11.1 Å². The molecule has 5 nitrogen and oxygen atoms in total. The quantitative estimate of drug-likeness (QED) is 0.352. The van der Waals surface area contributed by atoms with Crippen LogP contribution in [0.15, 0.2) is 0 Å². The number of hydrogen-bond acceptors (Lipinski definition) is 4. The third-order valence-electron chi connectivity index (χ3n) is 1.84. The number of ether oxygens (including phenoxy) is 1. The minimum Gasteiger partial charge on any atom is -0.466 e. The Balaban J connectivity index is 3.30. The van der Waals surface area contributed by atoms with Crippen molar-refractivity contribution in [3.05, 3.63) is 0 Å². The van der Waals surface area contributed by atoms with Crippen LogP contribution in [0.5, 0.6) is 0 Å². The number of nitrogens with two attached hydrogens (primary N) is 1. The van der Waals surface area contributed by atoms with Crippen LogP contribution in [0.1, 0.15) is 39.0 Å². The van der Waals surface area contributed by atoms with Gasteiger partial charge in [0.2, 0.25) is 5.91 Å². The van der Waals surface area contributed by atoms with Gasteiger partial charge < -0.3 is 15.8 Å². The van der Waals surface area contributed by atoms with Crippen LogP contribution >= 0.6 is 0 Å². The van der Waals surface area contributed by atoms with Gasteiger partial charge in [-0.3, -0.25) is 9.59 Å². The average Bonchev–Trinajstić information content (AvgIpc) is 2.22. The third-order valence-corrected chi connectivity index (χ3v) is 1.84. The first kappa shape index (κ1) is 13.9. The van der Waals surface area contributed by atoms with E-state index in [0.29, 0.717) is 25.9 Å². The Morgan fingerprint density at radius 1 is 1.27 bits per heavy atom. The molecule has 0 aromatic carbocycles. The SMILES string of the molecule is CCCCC(=O)OCCCC(=O)NCN. The van der Waals surface area contributed by atoms with E-state index in [2.05, 4.69) is 5.32 Å². The fraction of sp³-hybridized carbons (Fsp3) is 0.800. The molecule has 0 spiro atoms. The Labute approximate surface area is 90.4 Å². The molecule has 0 unspecified atom stereocenters. The molecule has 3 N–H and O–H groups in total. The lowest BCUT2D eigenvalue weighted by molar-refractivity contribution is -0.144. The number of unbranched alkanes of at least 4 members (excludes halogenated alkanes) is 1. The highest BCUT2D eigenvalue weighted by Gasteiger charge is 2.03. The van der Waals surface area contributed by atoms with Gasteiger partial charge >= 0.3 is 5.97 Å². The molecule has 5 heteroatoms. The highest BCUT2D eigenvalue weighted by atomic mass is 16.5. The molecule has 0 radical (unpaired) electrons. The van der Waals surface area contributed by atoms with Crippen molar-refractivity contribution < 1.29 is 14.3 Å². The zero-order chi connectivity index (χ0) is 11.5. The Bertz CT molecular complexity index is 195. The maximum absolute atomic E-state index is 11.0. The molecule has 0 aromatic heterocycles. The normalized spacial score (nSPS) is 9.73. The zero-order valence-electron chi connectivity index (χ0n) is 9.25. The molecule has 0 saturated carbocycles. The molecule has 88 valence electrons. The number of amides is 1. The van der Waals surface area contributed by atoms with Crippen molar-refractivity contribution in [1.82, 2.24) is 5.32 Å². The van der Waals surface area contributed by atoms with Crippen molar-refractivity contribution in [2.24, 2.45) is 5.73 Å². The summed E-state index contributed by atoms with van der Waals surface area (Å²) in [6.07, 6.45) is 3.19. The number of esters is 1. The summed E-state index contributed by atoms with van der Waals surface area (Å²) in [5.74, 6) is -0.293. The molecule has 0 bridgehead atoms. The van der Waals surface area contributed by atoms with E-state index in [0.717, 1.165) is 12.8 Å². The minimum atomic E-state index is -0.184. The second kappa shape index (κ2) is 9.45. The van der Waals surface area contributed by atoms with Crippen LogP contribution in [0.3, 0.4) is 0 Å². The minimum absolute atomic E-state index is 0.109. The van der Waals surface area contributed by atoms with Crippen LogP contribution in [0.2, 0.25) is 0 Å². The number of rotatable bonds is 8. The molecular formula is C10H20N2O3. The van der Waals surface area contributed by atoms with Crippen LogP contribution in [-0.2, 0) is 14.3 Å². The molecule has 0 aliphatic carbocycles. The number of nitrogens with one attached hydrogen (secondary N) is 1. The molecule has 0 heterocycles. The van der Waals surface area contributed by atoms with Gasteiger partial charge in [0.25, 0.3) is 0 Å². The van der Waals surface area contributed by atoms with Crippen LogP contribution in [0, 0.1) is 0 Å². The van der Waals surface area contributed by atoms with E-state index in [-0.39, 0.29) is 18.5 Å². The standard InChI is InChI=1S/C10H20N2O3/c1-2-3-6-10(14)15-7-4-5-9(13)12-8-11/h2-8,11H2,1H3,(H,12,13). The first-order valence-electron chi connectivity index (χ1n) is 5.33. The van der Waals surface area contributed by atoms with Gasteiger partial charge in [0.1, 0.15) is 0 Å². The molecule has 0 rings (SSSR count). The molecular weight excluding hydrogens is 196 g/mol. The summed E-state index contributed by atoms with van der Waals surface area (Å²) in [5.41, 5.74) is 5.12. The molecule has 0 saturated heterocycles. The van der Waals surface area contributed by atoms with Gasteiger partial charge in [-0.2, -0.15) is 0 Å². The summed E-state index contributed by atoms with van der Waals surface area (Å²) < 4.78 is 4.92. The van der Waals surface area contributed by atoms with Crippen molar-refractivity contribution in [3.8, 4) is 0 Å². The van der Waals surface area contributed by atoms with Gasteiger partial charge in [-0.15, -0.1) is 0 Å². The Hall–Kier alpha value is -1.10. The Morgan fingerprint density at radius 3 is 2.60 bits per heavy atom. The Morgan fingerprint density at radius 2 is 2.00 bits per heavy atom. The number of hydrogen-bond donors (Lipinski definition) is 2. The smallest absolute Gasteiger partial charge is 0.305 e. The molecule has 0 fully saturated rings. The van der Waals surface area contributed by atoms with E-state index in [1.807, 2.05) is 6.92 Å². The summed E-state index contributed by atoms with van der Waals surface area (Å²) in [6, 6.07) is 0. The molecule has 0 aliphatic rings. The van der Waals surface area contributed by atoms with E-state index in [4.69, 9.17) is 10.5 Å². The molecule has 0 atom stereocenters. The third kappa shape index (κ3) is 9.21. The largest absolute Gasteiger partial charge is 0.466 e. The first-order chi connectivity index (χ1) is 7.20. The fourth-order valence-corrected chi connectivity index (χ4v) is 1.01. The maximum Gasteiger partial charge on any atom is 0.305 e. The van der Waals surface area contributed by atoms with Crippen LogP contribution in [0.25, 0.3) is 0 Å². The second-order valence-corrected chi connectivity index (χ2v) is 3.23. The predicted octanol–water partition coefficient (Wildman–Crippen LogP) is 0.532. The van der Waals surface area contributed by atoms with Gasteiger partial charge in [0.15, 0.2) is 0 Å². The maximum atomic E-state index is 11.0. The highest BCUT2D eigenvalue weighted by molar-refractivity contribution is 5.75. The van der Waals surface area contributed by atoms with Crippen molar-refractivity contribution in [3.63, 3.8) is 0 Å². The monoisotopic (exact) mass is 216 g/mol. The molecule has 0 aliphatic heterocycles. The summed E-state index contributed by atoms with van der Waals surface area (Å²) in [6.45, 7) is 2.47. The van der Waals surface area contributed by atoms with Crippen molar-refractivity contribution in [1.29, 1.82) is 0 Å². The summed E-state index contributed by atoms with van der Waals surface area (Å²) in [4.78, 5) is 22.0. The van der Waals surface area contributed by atoms with E-state index >= 15 is 0 Å². The molecule has 1 amide bonds. The molecule has 15 heavy (non-hydrogen) atoms. The van der Waals surface area contributed by atoms with E-state index in [1.165, 1.54) is 0 Å². The van der Waals surface area contributed by atoms with E-state index in [1.54, 1.807) is 0 Å². The van der Waals surface area contributed by atoms with Gasteiger partial charge in [0.05, 0.1) is 13.3 Å². The number of carbonyl (C=O) groups is 2. The van der Waals surface area contributed by atoms with Gasteiger partial charge in [-0.1, -0.05) is 13.3 Å². The second-order valence-electron chi connectivity index (χ2n) is 3.23. The van der Waals surface area contributed by atoms with Gasteiger partial charge in [0, 0.05) is 12.8 Å². The number of carbonyl (C=O) groups excluding carboxylic acids is 2. The predicted molar refractivity (Wildman–Crippen MR) is 56.9 cm³/mol. The van der Waals surface area contributed by atoms with Gasteiger partial charge in [-0.25, -0.2) is 0 Å². The average molecular weight is 216 g/mol. The van der Waals surface area contributed by atoms with Crippen LogP contribution in [0.4, 0.5) is 0 Å². The lowest BCUT2D eigenvalue weighted by Gasteiger charge is -2.04. The zero-order valence-corrected chi connectivity index (χ0v) is 9.25. The Kier molecular flexibility index (Phi) is 8.76. The summed E-state index contributed by atoms with van der Waals surface area (Å²) in [7, 11) is 0. The highest BCUT2D eigenvalue weighted by Crippen LogP contribution is 1.98. The van der Waals surface area contributed by atoms with Crippen LogP contribution in [-0.4, -0.2) is 25.2 Å². The lowest BCUT2D eigenvalue weighted by atomic mass is 10.2. The van der Waals surface area contributed by atoms with Crippen molar-refractivity contribution >= 4 is 11.9 Å². The first-order valence-corrected chi connectivity index (χ1v) is 5.33. The fourth-order valence-electron chi connectivity index (χ4n) is 1.01. The molecule has 0 aromatic rings.